The summed E-state index contributed by atoms with van der Waals surface area (Å²) in [5.41, 5.74) is 10.4. The van der Waals surface area contributed by atoms with Gasteiger partial charge in [-0.3, -0.25) is 10.3 Å². The quantitative estimate of drug-likeness (QED) is 0.461. The van der Waals surface area contributed by atoms with E-state index in [2.05, 4.69) is 26.4 Å². The van der Waals surface area contributed by atoms with Crippen molar-refractivity contribution in [2.24, 2.45) is 16.8 Å². The van der Waals surface area contributed by atoms with Gasteiger partial charge < -0.3 is 10.6 Å². The van der Waals surface area contributed by atoms with Crippen LogP contribution in [0.25, 0.3) is 0 Å². The van der Waals surface area contributed by atoms with Crippen LogP contribution in [0.2, 0.25) is 0 Å². The average Bonchev–Trinajstić information content (AvgIpc) is 2.69. The Bertz CT molecular complexity index is 712. The fourth-order valence-corrected chi connectivity index (χ4v) is 4.13. The highest BCUT2D eigenvalue weighted by molar-refractivity contribution is 7.80. The lowest BCUT2D eigenvalue weighted by atomic mass is 9.89. The van der Waals surface area contributed by atoms with Gasteiger partial charge in [0.25, 0.3) is 0 Å². The van der Waals surface area contributed by atoms with Crippen LogP contribution in [0.5, 0.6) is 0 Å². The first-order chi connectivity index (χ1) is 13.2. The van der Waals surface area contributed by atoms with E-state index in [1.165, 1.54) is 38.6 Å². The highest BCUT2D eigenvalue weighted by atomic mass is 32.1. The van der Waals surface area contributed by atoms with Crippen LogP contribution in [0.4, 0.5) is 5.69 Å². The molecule has 1 aromatic rings. The molecule has 0 amide bonds. The number of nitrogens with zero attached hydrogens (tertiary/aromatic N) is 4. The molecule has 144 valence electrons. The van der Waals surface area contributed by atoms with Gasteiger partial charge in [-0.05, 0) is 48.7 Å². The second-order valence-electron chi connectivity index (χ2n) is 7.41. The second-order valence-corrected chi connectivity index (χ2v) is 7.85. The zero-order chi connectivity index (χ0) is 19.1. The first-order valence-corrected chi connectivity index (χ1v) is 10.2. The maximum absolute atomic E-state index is 9.57. The number of hydrogen-bond acceptors (Lipinski definition) is 5. The summed E-state index contributed by atoms with van der Waals surface area (Å²) in [6.07, 6.45) is 8.62. The summed E-state index contributed by atoms with van der Waals surface area (Å²) in [6.45, 7) is 5.32. The number of hydrazone groups is 1. The molecule has 1 heterocycles. The van der Waals surface area contributed by atoms with Gasteiger partial charge in [0, 0.05) is 32.7 Å². The van der Waals surface area contributed by atoms with Crippen molar-refractivity contribution in [3.8, 4) is 6.07 Å². The Morgan fingerprint density at radius 2 is 2.00 bits per heavy atom. The predicted octanol–water partition coefficient (Wildman–Crippen LogP) is 2.43. The maximum atomic E-state index is 9.57. The SMILES string of the molecule is N#Cc1cc(C=NNC(N)=S)ccc1N1CCN(CC2CCCCC2)CC1. The van der Waals surface area contributed by atoms with Crippen LogP contribution in [-0.4, -0.2) is 49.0 Å². The molecule has 1 saturated heterocycles. The molecular weight excluding hydrogens is 356 g/mol. The maximum Gasteiger partial charge on any atom is 0.184 e. The number of rotatable bonds is 5. The van der Waals surface area contributed by atoms with E-state index < -0.39 is 0 Å². The van der Waals surface area contributed by atoms with Gasteiger partial charge in [0.1, 0.15) is 6.07 Å². The Kier molecular flexibility index (Phi) is 7.02. The first-order valence-electron chi connectivity index (χ1n) is 9.75. The zero-order valence-corrected chi connectivity index (χ0v) is 16.5. The summed E-state index contributed by atoms with van der Waals surface area (Å²) in [7, 11) is 0. The molecule has 1 aliphatic heterocycles. The predicted molar refractivity (Wildman–Crippen MR) is 114 cm³/mol. The van der Waals surface area contributed by atoms with Crippen molar-refractivity contribution in [1.82, 2.24) is 10.3 Å². The molecule has 0 atom stereocenters. The fraction of sp³-hybridized carbons (Fsp3) is 0.550. The number of nitrogens with one attached hydrogen (secondary N) is 1. The number of nitriles is 1. The van der Waals surface area contributed by atoms with Gasteiger partial charge in [-0.15, -0.1) is 0 Å². The Hall–Kier alpha value is -2.17. The standard InChI is InChI=1S/C20H28N6S/c21-13-18-12-17(14-23-24-20(22)27)6-7-19(18)26-10-8-25(9-11-26)15-16-4-2-1-3-5-16/h6-7,12,14,16H,1-5,8-11,15H2,(H3,22,24,27). The van der Waals surface area contributed by atoms with Crippen molar-refractivity contribution in [1.29, 1.82) is 5.26 Å². The minimum atomic E-state index is 0.120. The van der Waals surface area contributed by atoms with Crippen molar-refractivity contribution >= 4 is 29.2 Å². The molecule has 1 aliphatic carbocycles. The van der Waals surface area contributed by atoms with E-state index in [-0.39, 0.29) is 5.11 Å². The normalized spacial score (nSPS) is 19.1. The lowest BCUT2D eigenvalue weighted by Crippen LogP contribution is -2.48. The number of piperazine rings is 1. The van der Waals surface area contributed by atoms with Crippen molar-refractivity contribution < 1.29 is 0 Å². The topological polar surface area (TPSA) is 80.7 Å². The third kappa shape index (κ3) is 5.65. The molecule has 6 nitrogen and oxygen atoms in total. The minimum absolute atomic E-state index is 0.120. The van der Waals surface area contributed by atoms with Crippen LogP contribution in [0.15, 0.2) is 23.3 Å². The van der Waals surface area contributed by atoms with Crippen molar-refractivity contribution in [3.05, 3.63) is 29.3 Å². The number of anilines is 1. The largest absolute Gasteiger partial charge is 0.375 e. The average molecular weight is 385 g/mol. The van der Waals surface area contributed by atoms with Crippen molar-refractivity contribution in [2.75, 3.05) is 37.6 Å². The van der Waals surface area contributed by atoms with Crippen LogP contribution < -0.4 is 16.1 Å². The third-order valence-corrected chi connectivity index (χ3v) is 5.57. The number of nitrogens with two attached hydrogens (primary N) is 1. The van der Waals surface area contributed by atoms with Gasteiger partial charge >= 0.3 is 0 Å². The van der Waals surface area contributed by atoms with Crippen molar-refractivity contribution in [2.45, 2.75) is 32.1 Å². The summed E-state index contributed by atoms with van der Waals surface area (Å²) in [5.74, 6) is 0.883. The molecule has 3 rings (SSSR count). The molecule has 27 heavy (non-hydrogen) atoms. The molecule has 1 aromatic carbocycles. The van der Waals surface area contributed by atoms with Gasteiger partial charge in [-0.1, -0.05) is 25.3 Å². The summed E-state index contributed by atoms with van der Waals surface area (Å²) >= 11 is 4.72. The van der Waals surface area contributed by atoms with E-state index in [9.17, 15) is 5.26 Å². The van der Waals surface area contributed by atoms with Crippen LogP contribution in [0.1, 0.15) is 43.2 Å². The lowest BCUT2D eigenvalue weighted by Gasteiger charge is -2.38. The number of thiocarbonyl (C=S) groups is 1. The van der Waals surface area contributed by atoms with E-state index in [0.717, 1.165) is 43.3 Å². The van der Waals surface area contributed by atoms with E-state index in [0.29, 0.717) is 5.56 Å². The molecule has 0 unspecified atom stereocenters. The Morgan fingerprint density at radius 3 is 2.67 bits per heavy atom. The van der Waals surface area contributed by atoms with E-state index in [1.54, 1.807) is 6.21 Å². The third-order valence-electron chi connectivity index (χ3n) is 5.48. The highest BCUT2D eigenvalue weighted by Gasteiger charge is 2.22. The van der Waals surface area contributed by atoms with Crippen LogP contribution in [-0.2, 0) is 0 Å². The van der Waals surface area contributed by atoms with Crippen LogP contribution in [0, 0.1) is 17.2 Å². The molecule has 0 spiro atoms. The summed E-state index contributed by atoms with van der Waals surface area (Å²) < 4.78 is 0. The van der Waals surface area contributed by atoms with Gasteiger partial charge in [-0.2, -0.15) is 10.4 Å². The summed E-state index contributed by atoms with van der Waals surface area (Å²) in [5, 5.41) is 13.6. The first kappa shape index (κ1) is 19.6. The van der Waals surface area contributed by atoms with E-state index in [1.807, 2.05) is 18.2 Å². The molecule has 3 N–H and O–H groups in total. The zero-order valence-electron chi connectivity index (χ0n) is 15.7. The molecule has 0 radical (unpaired) electrons. The van der Waals surface area contributed by atoms with Gasteiger partial charge in [0.2, 0.25) is 0 Å². The van der Waals surface area contributed by atoms with Gasteiger partial charge in [-0.25, -0.2) is 0 Å². The Balaban J connectivity index is 1.57. The molecule has 2 fully saturated rings. The smallest absolute Gasteiger partial charge is 0.184 e. The van der Waals surface area contributed by atoms with Gasteiger partial charge in [0.05, 0.1) is 17.5 Å². The Labute approximate surface area is 167 Å². The summed E-state index contributed by atoms with van der Waals surface area (Å²) in [4.78, 5) is 4.92. The molecule has 2 aliphatic rings. The van der Waals surface area contributed by atoms with E-state index >= 15 is 0 Å². The fourth-order valence-electron chi connectivity index (χ4n) is 4.08. The Morgan fingerprint density at radius 1 is 1.26 bits per heavy atom. The molecular formula is C20H28N6S. The van der Waals surface area contributed by atoms with Crippen LogP contribution in [0.3, 0.4) is 0 Å². The second kappa shape index (κ2) is 9.67. The lowest BCUT2D eigenvalue weighted by molar-refractivity contribution is 0.192. The highest BCUT2D eigenvalue weighted by Crippen LogP contribution is 2.26. The molecule has 1 saturated carbocycles. The molecule has 0 aromatic heterocycles. The van der Waals surface area contributed by atoms with Gasteiger partial charge in [0.15, 0.2) is 5.11 Å². The van der Waals surface area contributed by atoms with E-state index in [4.69, 9.17) is 18.0 Å². The monoisotopic (exact) mass is 384 g/mol. The number of benzene rings is 1. The molecule has 7 heteroatoms. The minimum Gasteiger partial charge on any atom is -0.375 e. The number of hydrogen-bond donors (Lipinski definition) is 2. The van der Waals surface area contributed by atoms with Crippen LogP contribution >= 0.6 is 12.2 Å². The molecule has 0 bridgehead atoms. The summed E-state index contributed by atoms with van der Waals surface area (Å²) in [6, 6.07) is 8.16. The van der Waals surface area contributed by atoms with Crippen molar-refractivity contribution in [3.63, 3.8) is 0 Å².